The fourth-order valence-electron chi connectivity index (χ4n) is 2.01. The third-order valence-electron chi connectivity index (χ3n) is 2.73. The molecule has 2 aromatic carbocycles. The van der Waals surface area contributed by atoms with Gasteiger partial charge >= 0.3 is 5.69 Å². The number of nitro groups is 1. The lowest BCUT2D eigenvalue weighted by atomic mass is 10.1. The van der Waals surface area contributed by atoms with Gasteiger partial charge in [0.05, 0.1) is 9.95 Å². The van der Waals surface area contributed by atoms with Gasteiger partial charge in [-0.15, -0.1) is 0 Å². The molecule has 0 amide bonds. The maximum Gasteiger partial charge on any atom is 0.313 e. The Bertz CT molecular complexity index is 841. The molecular weight excluding hydrogens is 312 g/mol. The Hall–Kier alpha value is -1.49. The summed E-state index contributed by atoms with van der Waals surface area (Å²) < 4.78 is 5.49. The number of nitrogens with zero attached hydrogens (tertiary/aromatic N) is 1. The largest absolute Gasteiger partial charge is 0.449 e. The summed E-state index contributed by atoms with van der Waals surface area (Å²) in [5.41, 5.74) is 0.317. The van der Waals surface area contributed by atoms with Crippen LogP contribution in [0.5, 0.6) is 0 Å². The maximum absolute atomic E-state index is 11.0. The van der Waals surface area contributed by atoms with Gasteiger partial charge in [-0.3, -0.25) is 10.1 Å². The van der Waals surface area contributed by atoms with E-state index >= 15 is 0 Å². The van der Waals surface area contributed by atoms with Crippen molar-refractivity contribution in [3.8, 4) is 0 Å². The molecule has 0 spiro atoms. The van der Waals surface area contributed by atoms with Gasteiger partial charge < -0.3 is 4.42 Å². The Morgan fingerprint density at radius 2 is 1.74 bits per heavy atom. The zero-order valence-corrected chi connectivity index (χ0v) is 11.4. The number of halogens is 3. The highest BCUT2D eigenvalue weighted by Crippen LogP contribution is 2.41. The van der Waals surface area contributed by atoms with E-state index in [1.807, 2.05) is 0 Å². The van der Waals surface area contributed by atoms with Gasteiger partial charge in [-0.25, -0.2) is 0 Å². The fraction of sp³-hybridized carbons (Fsp3) is 0. The van der Waals surface area contributed by atoms with Crippen LogP contribution in [0, 0.1) is 10.1 Å². The number of hydrogen-bond donors (Lipinski definition) is 0. The first kappa shape index (κ1) is 12.5. The second-order valence-corrected chi connectivity index (χ2v) is 5.20. The number of fused-ring (bicyclic) bond motifs is 3. The predicted molar refractivity (Wildman–Crippen MR) is 75.4 cm³/mol. The number of rotatable bonds is 1. The lowest BCUT2D eigenvalue weighted by Gasteiger charge is -1.96. The predicted octanol–water partition coefficient (Wildman–Crippen LogP) is 5.45. The smallest absolute Gasteiger partial charge is 0.313 e. The molecule has 19 heavy (non-hydrogen) atoms. The van der Waals surface area contributed by atoms with E-state index < -0.39 is 4.92 Å². The van der Waals surface area contributed by atoms with Crippen molar-refractivity contribution in [3.05, 3.63) is 49.4 Å². The second-order valence-electron chi connectivity index (χ2n) is 3.92. The lowest BCUT2D eigenvalue weighted by Crippen LogP contribution is -1.87. The van der Waals surface area contributed by atoms with Gasteiger partial charge in [-0.1, -0.05) is 34.8 Å². The number of furan rings is 1. The zero-order chi connectivity index (χ0) is 13.7. The highest BCUT2D eigenvalue weighted by atomic mass is 35.5. The van der Waals surface area contributed by atoms with E-state index in [2.05, 4.69) is 0 Å². The summed E-state index contributed by atoms with van der Waals surface area (Å²) >= 11 is 17.9. The first-order valence-corrected chi connectivity index (χ1v) is 6.26. The molecule has 96 valence electrons. The minimum absolute atomic E-state index is 0.133. The quantitative estimate of drug-likeness (QED) is 0.443. The van der Waals surface area contributed by atoms with E-state index in [4.69, 9.17) is 39.2 Å². The highest BCUT2D eigenvalue weighted by Gasteiger charge is 2.21. The topological polar surface area (TPSA) is 56.3 Å². The molecule has 1 aromatic heterocycles. The van der Waals surface area contributed by atoms with Crippen LogP contribution in [-0.4, -0.2) is 4.92 Å². The lowest BCUT2D eigenvalue weighted by molar-refractivity contribution is -0.383. The summed E-state index contributed by atoms with van der Waals surface area (Å²) in [5.74, 6) is 0. The van der Waals surface area contributed by atoms with Crippen LogP contribution >= 0.6 is 34.8 Å². The Morgan fingerprint density at radius 1 is 1.05 bits per heavy atom. The SMILES string of the molecule is O=[N+]([O-])c1cc(Cl)cc2c1oc1cc(Cl)cc(Cl)c12. The normalized spacial score (nSPS) is 11.3. The molecule has 3 rings (SSSR count). The zero-order valence-electron chi connectivity index (χ0n) is 9.12. The molecule has 1 heterocycles. The summed E-state index contributed by atoms with van der Waals surface area (Å²) in [6.07, 6.45) is 0. The van der Waals surface area contributed by atoms with E-state index in [1.54, 1.807) is 18.2 Å². The summed E-state index contributed by atoms with van der Waals surface area (Å²) in [4.78, 5) is 10.5. The standard InChI is InChI=1S/C12H4Cl3NO3/c13-5-1-7-11-8(15)2-6(14)4-10(11)19-12(7)9(3-5)16(17)18/h1-4H. The molecule has 0 unspecified atom stereocenters. The summed E-state index contributed by atoms with van der Waals surface area (Å²) in [6, 6.07) is 5.92. The molecule has 0 radical (unpaired) electrons. The Labute approximate surface area is 121 Å². The average molecular weight is 317 g/mol. The third-order valence-corrected chi connectivity index (χ3v) is 3.47. The van der Waals surface area contributed by atoms with Crippen LogP contribution in [0.3, 0.4) is 0 Å². The molecule has 0 aliphatic carbocycles. The fourth-order valence-corrected chi connectivity index (χ4v) is 2.80. The van der Waals surface area contributed by atoms with Crippen molar-refractivity contribution < 1.29 is 9.34 Å². The first-order valence-electron chi connectivity index (χ1n) is 5.12. The van der Waals surface area contributed by atoms with Crippen molar-refractivity contribution >= 4 is 62.4 Å². The molecule has 0 aliphatic heterocycles. The van der Waals surface area contributed by atoms with Crippen molar-refractivity contribution in [2.24, 2.45) is 0 Å². The minimum Gasteiger partial charge on any atom is -0.449 e. The molecule has 0 fully saturated rings. The van der Waals surface area contributed by atoms with Crippen molar-refractivity contribution in [2.75, 3.05) is 0 Å². The molecule has 3 aromatic rings. The van der Waals surface area contributed by atoms with E-state index in [9.17, 15) is 10.1 Å². The van der Waals surface area contributed by atoms with Crippen LogP contribution in [0.4, 0.5) is 5.69 Å². The minimum atomic E-state index is -0.549. The van der Waals surface area contributed by atoms with Gasteiger partial charge in [-0.2, -0.15) is 0 Å². The molecule has 0 bridgehead atoms. The number of nitro benzene ring substituents is 1. The van der Waals surface area contributed by atoms with Gasteiger partial charge in [0.25, 0.3) is 0 Å². The van der Waals surface area contributed by atoms with Crippen LogP contribution in [0.25, 0.3) is 21.9 Å². The summed E-state index contributed by atoms with van der Waals surface area (Å²) in [6.45, 7) is 0. The van der Waals surface area contributed by atoms with E-state index in [1.165, 1.54) is 6.07 Å². The number of benzene rings is 2. The molecule has 0 saturated heterocycles. The van der Waals surface area contributed by atoms with E-state index in [0.717, 1.165) is 0 Å². The van der Waals surface area contributed by atoms with Crippen molar-refractivity contribution in [3.63, 3.8) is 0 Å². The van der Waals surface area contributed by atoms with Gasteiger partial charge in [-0.05, 0) is 12.1 Å². The Kier molecular flexibility index (Phi) is 2.82. The molecule has 0 aliphatic rings. The molecule has 7 heteroatoms. The Balaban J connectivity index is 2.57. The van der Waals surface area contributed by atoms with E-state index in [-0.39, 0.29) is 16.3 Å². The van der Waals surface area contributed by atoms with Crippen molar-refractivity contribution in [1.29, 1.82) is 0 Å². The first-order chi connectivity index (χ1) is 8.97. The highest BCUT2D eigenvalue weighted by molar-refractivity contribution is 6.41. The van der Waals surface area contributed by atoms with Crippen LogP contribution in [-0.2, 0) is 0 Å². The van der Waals surface area contributed by atoms with Crippen LogP contribution < -0.4 is 0 Å². The molecule has 0 atom stereocenters. The molecule has 4 nitrogen and oxygen atoms in total. The summed E-state index contributed by atoms with van der Waals surface area (Å²) in [5, 5.41) is 13.1. The number of non-ortho nitro benzene ring substituents is 1. The molecule has 0 N–H and O–H groups in total. The van der Waals surface area contributed by atoms with Gasteiger partial charge in [0.2, 0.25) is 5.58 Å². The van der Waals surface area contributed by atoms with Gasteiger partial charge in [0.1, 0.15) is 5.58 Å². The second kappa shape index (κ2) is 4.27. The van der Waals surface area contributed by atoms with Gasteiger partial charge in [0, 0.05) is 33.0 Å². The average Bonchev–Trinajstić information content (AvgIpc) is 2.65. The summed E-state index contributed by atoms with van der Waals surface area (Å²) in [7, 11) is 0. The van der Waals surface area contributed by atoms with Gasteiger partial charge in [0.15, 0.2) is 0 Å². The monoisotopic (exact) mass is 315 g/mol. The van der Waals surface area contributed by atoms with Crippen molar-refractivity contribution in [1.82, 2.24) is 0 Å². The van der Waals surface area contributed by atoms with Crippen LogP contribution in [0.1, 0.15) is 0 Å². The third kappa shape index (κ3) is 1.92. The van der Waals surface area contributed by atoms with Crippen molar-refractivity contribution in [2.45, 2.75) is 0 Å². The maximum atomic E-state index is 11.0. The van der Waals surface area contributed by atoms with Crippen LogP contribution in [0.2, 0.25) is 15.1 Å². The van der Waals surface area contributed by atoms with Crippen LogP contribution in [0.15, 0.2) is 28.7 Å². The molecular formula is C12H4Cl3NO3. The molecule has 0 saturated carbocycles. The number of hydrogen-bond acceptors (Lipinski definition) is 3. The Morgan fingerprint density at radius 3 is 2.42 bits per heavy atom. The van der Waals surface area contributed by atoms with E-state index in [0.29, 0.717) is 26.4 Å².